The second-order valence-electron chi connectivity index (χ2n) is 4.96. The highest BCUT2D eigenvalue weighted by Crippen LogP contribution is 2.18. The van der Waals surface area contributed by atoms with Crippen LogP contribution < -0.4 is 4.72 Å². The van der Waals surface area contributed by atoms with Crippen molar-refractivity contribution in [1.82, 2.24) is 9.03 Å². The van der Waals surface area contributed by atoms with E-state index in [9.17, 15) is 8.42 Å². The van der Waals surface area contributed by atoms with Crippen LogP contribution in [0.2, 0.25) is 0 Å². The van der Waals surface area contributed by atoms with Crippen molar-refractivity contribution in [3.05, 3.63) is 0 Å². The highest BCUT2D eigenvalue weighted by molar-refractivity contribution is 7.98. The van der Waals surface area contributed by atoms with Crippen molar-refractivity contribution in [3.8, 4) is 0 Å². The first-order chi connectivity index (χ1) is 8.49. The van der Waals surface area contributed by atoms with Crippen LogP contribution in [0.3, 0.4) is 0 Å². The van der Waals surface area contributed by atoms with Crippen molar-refractivity contribution >= 4 is 22.0 Å². The van der Waals surface area contributed by atoms with Crippen LogP contribution in [0.5, 0.6) is 0 Å². The van der Waals surface area contributed by atoms with Gasteiger partial charge in [0.05, 0.1) is 0 Å². The Morgan fingerprint density at radius 3 is 2.89 bits per heavy atom. The predicted octanol–water partition coefficient (Wildman–Crippen LogP) is 0.524. The van der Waals surface area contributed by atoms with Crippen LogP contribution in [0.1, 0.15) is 19.8 Å². The minimum Gasteiger partial charge on any atom is -0.396 e. The van der Waals surface area contributed by atoms with Crippen LogP contribution >= 0.6 is 11.8 Å². The lowest BCUT2D eigenvalue weighted by molar-refractivity contribution is 0.164. The average Bonchev–Trinajstić information content (AvgIpc) is 2.37. The zero-order chi connectivity index (χ0) is 13.6. The molecule has 0 bridgehead atoms. The highest BCUT2D eigenvalue weighted by Gasteiger charge is 2.28. The van der Waals surface area contributed by atoms with Gasteiger partial charge < -0.3 is 5.11 Å². The van der Waals surface area contributed by atoms with E-state index >= 15 is 0 Å². The standard InChI is InChI=1S/C11H24N2O3S2/c1-10(9-17-2)6-12-18(15,16)13-5-3-4-11(7-13)8-14/h10-12,14H,3-9H2,1-2H3. The lowest BCUT2D eigenvalue weighted by atomic mass is 10.0. The number of rotatable bonds is 7. The van der Waals surface area contributed by atoms with E-state index in [4.69, 9.17) is 5.11 Å². The van der Waals surface area contributed by atoms with E-state index < -0.39 is 10.2 Å². The van der Waals surface area contributed by atoms with Gasteiger partial charge in [0.1, 0.15) is 0 Å². The van der Waals surface area contributed by atoms with Crippen LogP contribution in [0.4, 0.5) is 0 Å². The van der Waals surface area contributed by atoms with Crippen LogP contribution in [0.15, 0.2) is 0 Å². The Balaban J connectivity index is 2.47. The zero-order valence-corrected chi connectivity index (χ0v) is 12.8. The molecule has 108 valence electrons. The van der Waals surface area contributed by atoms with Gasteiger partial charge >= 0.3 is 0 Å². The monoisotopic (exact) mass is 296 g/mol. The van der Waals surface area contributed by atoms with Crippen LogP contribution in [0, 0.1) is 11.8 Å². The van der Waals surface area contributed by atoms with Crippen molar-refractivity contribution in [1.29, 1.82) is 0 Å². The van der Waals surface area contributed by atoms with Crippen molar-refractivity contribution in [3.63, 3.8) is 0 Å². The highest BCUT2D eigenvalue weighted by atomic mass is 32.2. The third-order valence-corrected chi connectivity index (χ3v) is 5.59. The van der Waals surface area contributed by atoms with Gasteiger partial charge in [-0.1, -0.05) is 6.92 Å². The normalized spacial score (nSPS) is 24.1. The van der Waals surface area contributed by atoms with Gasteiger partial charge in [0.15, 0.2) is 0 Å². The van der Waals surface area contributed by atoms with Crippen molar-refractivity contribution < 1.29 is 13.5 Å². The summed E-state index contributed by atoms with van der Waals surface area (Å²) in [5.74, 6) is 1.36. The molecule has 1 aliphatic heterocycles. The molecule has 2 unspecified atom stereocenters. The molecule has 1 aliphatic rings. The lowest BCUT2D eigenvalue weighted by Crippen LogP contribution is -2.47. The smallest absolute Gasteiger partial charge is 0.279 e. The number of piperidine rings is 1. The van der Waals surface area contributed by atoms with E-state index in [2.05, 4.69) is 4.72 Å². The largest absolute Gasteiger partial charge is 0.396 e. The lowest BCUT2D eigenvalue weighted by Gasteiger charge is -2.31. The van der Waals surface area contributed by atoms with E-state index in [1.54, 1.807) is 11.8 Å². The first-order valence-corrected chi connectivity index (χ1v) is 9.17. The second-order valence-corrected chi connectivity index (χ2v) is 7.63. The van der Waals surface area contributed by atoms with Crippen molar-refractivity contribution in [2.24, 2.45) is 11.8 Å². The number of nitrogens with one attached hydrogen (secondary N) is 1. The first-order valence-electron chi connectivity index (χ1n) is 6.34. The molecule has 0 aliphatic carbocycles. The molecule has 0 aromatic heterocycles. The summed E-state index contributed by atoms with van der Waals surface area (Å²) in [6.07, 6.45) is 3.75. The van der Waals surface area contributed by atoms with Gasteiger partial charge in [0, 0.05) is 26.2 Å². The van der Waals surface area contributed by atoms with Gasteiger partial charge in [-0.05, 0) is 36.7 Å². The average molecular weight is 296 g/mol. The molecule has 7 heteroatoms. The fourth-order valence-electron chi connectivity index (χ4n) is 2.08. The van der Waals surface area contributed by atoms with E-state index in [1.165, 1.54) is 4.31 Å². The summed E-state index contributed by atoms with van der Waals surface area (Å²) in [5.41, 5.74) is 0. The molecular weight excluding hydrogens is 272 g/mol. The topological polar surface area (TPSA) is 69.6 Å². The Kier molecular flexibility index (Phi) is 6.94. The maximum absolute atomic E-state index is 12.1. The summed E-state index contributed by atoms with van der Waals surface area (Å²) < 4.78 is 28.3. The predicted molar refractivity (Wildman–Crippen MR) is 75.9 cm³/mol. The van der Waals surface area contributed by atoms with Gasteiger partial charge in [0.2, 0.25) is 0 Å². The Hall–Kier alpha value is 0.180. The fraction of sp³-hybridized carbons (Fsp3) is 1.00. The van der Waals surface area contributed by atoms with E-state index in [-0.39, 0.29) is 12.5 Å². The molecule has 0 aromatic rings. The minimum absolute atomic E-state index is 0.0644. The van der Waals surface area contributed by atoms with E-state index in [1.807, 2.05) is 13.2 Å². The number of aliphatic hydroxyl groups excluding tert-OH is 1. The molecule has 0 aromatic carbocycles. The maximum Gasteiger partial charge on any atom is 0.279 e. The Morgan fingerprint density at radius 2 is 2.28 bits per heavy atom. The van der Waals surface area contributed by atoms with Crippen molar-refractivity contribution in [2.75, 3.05) is 38.2 Å². The second kappa shape index (κ2) is 7.69. The molecule has 1 heterocycles. The van der Waals surface area contributed by atoms with E-state index in [0.29, 0.717) is 25.6 Å². The molecule has 0 saturated carbocycles. The minimum atomic E-state index is -3.38. The van der Waals surface area contributed by atoms with Crippen molar-refractivity contribution in [2.45, 2.75) is 19.8 Å². The van der Waals surface area contributed by atoms with Gasteiger partial charge in [-0.25, -0.2) is 4.72 Å². The molecule has 1 rings (SSSR count). The molecule has 0 radical (unpaired) electrons. The summed E-state index contributed by atoms with van der Waals surface area (Å²) in [5, 5.41) is 9.12. The van der Waals surface area contributed by atoms with Crippen LogP contribution in [-0.2, 0) is 10.2 Å². The fourth-order valence-corrected chi connectivity index (χ4v) is 4.22. The summed E-state index contributed by atoms with van der Waals surface area (Å²) in [4.78, 5) is 0. The Labute approximate surface area is 115 Å². The van der Waals surface area contributed by atoms with Crippen LogP contribution in [0.25, 0.3) is 0 Å². The third kappa shape index (κ3) is 5.05. The Bertz CT molecular complexity index is 335. The summed E-state index contributed by atoms with van der Waals surface area (Å²) >= 11 is 1.72. The Morgan fingerprint density at radius 1 is 1.56 bits per heavy atom. The molecule has 1 fully saturated rings. The summed E-state index contributed by atoms with van der Waals surface area (Å²) in [6.45, 7) is 3.57. The number of hydrogen-bond donors (Lipinski definition) is 2. The number of nitrogens with zero attached hydrogens (tertiary/aromatic N) is 1. The number of aliphatic hydroxyl groups is 1. The quantitative estimate of drug-likeness (QED) is 0.719. The SMILES string of the molecule is CSCC(C)CNS(=O)(=O)N1CCCC(CO)C1. The maximum atomic E-state index is 12.1. The molecular formula is C11H24N2O3S2. The van der Waals surface area contributed by atoms with E-state index in [0.717, 1.165) is 18.6 Å². The molecule has 18 heavy (non-hydrogen) atoms. The van der Waals surface area contributed by atoms with Gasteiger partial charge in [0.25, 0.3) is 10.2 Å². The summed E-state index contributed by atoms with van der Waals surface area (Å²) in [6, 6.07) is 0. The number of hydrogen-bond acceptors (Lipinski definition) is 4. The molecule has 2 N–H and O–H groups in total. The molecule has 0 amide bonds. The molecule has 5 nitrogen and oxygen atoms in total. The third-order valence-electron chi connectivity index (χ3n) is 3.15. The first kappa shape index (κ1) is 16.2. The zero-order valence-electron chi connectivity index (χ0n) is 11.1. The molecule has 1 saturated heterocycles. The molecule has 0 spiro atoms. The number of thioether (sulfide) groups is 1. The van der Waals surface area contributed by atoms with Gasteiger partial charge in [-0.3, -0.25) is 0 Å². The molecule has 2 atom stereocenters. The van der Waals surface area contributed by atoms with Gasteiger partial charge in [-0.2, -0.15) is 24.5 Å². The van der Waals surface area contributed by atoms with Crippen LogP contribution in [-0.4, -0.2) is 56.1 Å². The van der Waals surface area contributed by atoms with Gasteiger partial charge in [-0.15, -0.1) is 0 Å². The summed E-state index contributed by atoms with van der Waals surface area (Å²) in [7, 11) is -3.38.